The number of hydrogen-bond acceptors (Lipinski definition) is 5. The molecule has 0 bridgehead atoms. The van der Waals surface area contributed by atoms with Crippen molar-refractivity contribution in [3.63, 3.8) is 0 Å². The number of para-hydroxylation sites is 1. The Balaban J connectivity index is 1.39. The van der Waals surface area contributed by atoms with Crippen molar-refractivity contribution >= 4 is 33.3 Å². The molecule has 0 fully saturated rings. The Morgan fingerprint density at radius 1 is 0.806 bits per heavy atom. The van der Waals surface area contributed by atoms with Crippen LogP contribution in [-0.4, -0.2) is 26.9 Å². The second-order valence-corrected chi connectivity index (χ2v) is 10.3. The summed E-state index contributed by atoms with van der Waals surface area (Å²) >= 11 is 0. The van der Waals surface area contributed by atoms with Gasteiger partial charge in [0.15, 0.2) is 0 Å². The fourth-order valence-corrected chi connectivity index (χ4v) is 4.89. The molecule has 0 spiro atoms. The van der Waals surface area contributed by atoms with E-state index in [-0.39, 0.29) is 29.6 Å². The molecule has 0 heterocycles. The van der Waals surface area contributed by atoms with Crippen molar-refractivity contribution in [3.8, 4) is 0 Å². The molecule has 0 atom stereocenters. The molecular weight excluding hydrogens is 476 g/mol. The van der Waals surface area contributed by atoms with Crippen molar-refractivity contribution < 1.29 is 22.7 Å². The molecule has 8 heteroatoms. The van der Waals surface area contributed by atoms with Crippen LogP contribution in [-0.2, 0) is 30.8 Å². The third kappa shape index (κ3) is 8.23. The average Bonchev–Trinajstić information content (AvgIpc) is 2.85. The number of nitrogens with one attached hydrogen (secondary N) is 2. The van der Waals surface area contributed by atoms with Crippen LogP contribution in [0.2, 0.25) is 0 Å². The van der Waals surface area contributed by atoms with Crippen LogP contribution in [0.1, 0.15) is 42.4 Å². The summed E-state index contributed by atoms with van der Waals surface area (Å²) in [5.74, 6) is -0.571. The van der Waals surface area contributed by atoms with E-state index in [1.807, 2.05) is 62.4 Å². The molecule has 0 aliphatic carbocycles. The molecule has 0 unspecified atom stereocenters. The predicted octanol–water partition coefficient (Wildman–Crippen LogP) is 5.39. The Bertz CT molecular complexity index is 1250. The number of anilines is 2. The van der Waals surface area contributed by atoms with Gasteiger partial charge in [0.2, 0.25) is 5.91 Å². The monoisotopic (exact) mass is 508 g/mol. The van der Waals surface area contributed by atoms with Crippen molar-refractivity contribution in [2.24, 2.45) is 0 Å². The summed E-state index contributed by atoms with van der Waals surface area (Å²) in [4.78, 5) is 24.2. The zero-order valence-electron chi connectivity index (χ0n) is 20.6. The second-order valence-electron chi connectivity index (χ2n) is 8.61. The fourth-order valence-electron chi connectivity index (χ4n) is 3.68. The zero-order valence-corrected chi connectivity index (χ0v) is 21.4. The molecule has 7 nitrogen and oxygen atoms in total. The molecule has 36 heavy (non-hydrogen) atoms. The van der Waals surface area contributed by atoms with E-state index < -0.39 is 10.0 Å². The minimum absolute atomic E-state index is 0.0955. The van der Waals surface area contributed by atoms with Crippen molar-refractivity contribution in [1.82, 2.24) is 0 Å². The van der Waals surface area contributed by atoms with Gasteiger partial charge < -0.3 is 10.1 Å². The van der Waals surface area contributed by atoms with Gasteiger partial charge in [0.1, 0.15) is 0 Å². The SMILES string of the molecule is Cc1cccc(C)c1NS(=O)(=O)c1ccc(NC(=O)CCCC(=O)OCCCc2ccccc2)cc1. The van der Waals surface area contributed by atoms with Gasteiger partial charge >= 0.3 is 5.97 Å². The molecule has 0 saturated heterocycles. The van der Waals surface area contributed by atoms with Crippen LogP contribution in [0, 0.1) is 13.8 Å². The summed E-state index contributed by atoms with van der Waals surface area (Å²) in [7, 11) is -3.77. The maximum absolute atomic E-state index is 12.8. The van der Waals surface area contributed by atoms with Crippen LogP contribution in [0.4, 0.5) is 11.4 Å². The largest absolute Gasteiger partial charge is 0.466 e. The van der Waals surface area contributed by atoms with E-state index in [1.165, 1.54) is 29.8 Å². The summed E-state index contributed by atoms with van der Waals surface area (Å²) in [5, 5.41) is 2.73. The first-order valence-corrected chi connectivity index (χ1v) is 13.4. The Morgan fingerprint density at radius 2 is 1.47 bits per heavy atom. The lowest BCUT2D eigenvalue weighted by atomic mass is 10.1. The molecule has 1 amide bonds. The smallest absolute Gasteiger partial charge is 0.305 e. The number of carbonyl (C=O) groups is 2. The van der Waals surface area contributed by atoms with E-state index in [9.17, 15) is 18.0 Å². The number of esters is 1. The molecule has 3 aromatic rings. The van der Waals surface area contributed by atoms with E-state index in [0.717, 1.165) is 24.0 Å². The van der Waals surface area contributed by atoms with Crippen molar-refractivity contribution in [1.29, 1.82) is 0 Å². The first-order valence-electron chi connectivity index (χ1n) is 11.9. The predicted molar refractivity (Wildman–Crippen MR) is 141 cm³/mol. The number of carbonyl (C=O) groups excluding carboxylic acids is 2. The van der Waals surface area contributed by atoms with Crippen LogP contribution in [0.25, 0.3) is 0 Å². The summed E-state index contributed by atoms with van der Waals surface area (Å²) in [5.41, 5.74) is 3.91. The Kier molecular flexibility index (Phi) is 9.64. The number of rotatable bonds is 12. The molecule has 0 aliphatic rings. The van der Waals surface area contributed by atoms with Gasteiger partial charge in [0, 0.05) is 18.5 Å². The van der Waals surface area contributed by atoms with Gasteiger partial charge in [-0.25, -0.2) is 8.42 Å². The van der Waals surface area contributed by atoms with Crippen LogP contribution in [0.15, 0.2) is 77.7 Å². The Morgan fingerprint density at radius 3 is 2.14 bits per heavy atom. The lowest BCUT2D eigenvalue weighted by Gasteiger charge is -2.13. The van der Waals surface area contributed by atoms with Crippen LogP contribution >= 0.6 is 0 Å². The first kappa shape index (κ1) is 26.9. The number of benzene rings is 3. The summed E-state index contributed by atoms with van der Waals surface area (Å²) in [6.07, 6.45) is 2.29. The lowest BCUT2D eigenvalue weighted by molar-refractivity contribution is -0.143. The standard InChI is InChI=1S/C28H32N2O5S/c1-21-9-6-10-22(2)28(21)30-36(33,34)25-18-16-24(17-19-25)29-26(31)14-7-15-27(32)35-20-8-13-23-11-4-3-5-12-23/h3-6,9-12,16-19,30H,7-8,13-15,20H2,1-2H3,(H,29,31). The van der Waals surface area contributed by atoms with E-state index >= 15 is 0 Å². The summed E-state index contributed by atoms with van der Waals surface area (Å²) in [6.45, 7) is 4.04. The van der Waals surface area contributed by atoms with Crippen molar-refractivity contribution in [3.05, 3.63) is 89.5 Å². The normalized spacial score (nSPS) is 11.1. The maximum Gasteiger partial charge on any atom is 0.305 e. The first-order chi connectivity index (χ1) is 17.2. The third-order valence-corrected chi connectivity index (χ3v) is 7.03. The molecule has 2 N–H and O–H groups in total. The molecule has 3 rings (SSSR count). The number of amides is 1. The Labute approximate surface area is 212 Å². The molecule has 0 saturated carbocycles. The second kappa shape index (κ2) is 12.9. The van der Waals surface area contributed by atoms with E-state index in [0.29, 0.717) is 24.4 Å². The molecule has 0 aromatic heterocycles. The molecule has 0 radical (unpaired) electrons. The highest BCUT2D eigenvalue weighted by Crippen LogP contribution is 2.24. The van der Waals surface area contributed by atoms with Gasteiger partial charge in [0.25, 0.3) is 10.0 Å². The number of ether oxygens (including phenoxy) is 1. The van der Waals surface area contributed by atoms with Crippen LogP contribution in [0.5, 0.6) is 0 Å². The summed E-state index contributed by atoms with van der Waals surface area (Å²) < 4.78 is 33.4. The average molecular weight is 509 g/mol. The van der Waals surface area contributed by atoms with Crippen molar-refractivity contribution in [2.45, 2.75) is 50.8 Å². The van der Waals surface area contributed by atoms with Gasteiger partial charge in [-0.1, -0.05) is 48.5 Å². The van der Waals surface area contributed by atoms with E-state index in [2.05, 4.69) is 10.0 Å². The minimum atomic E-state index is -3.77. The fraction of sp³-hybridized carbons (Fsp3) is 0.286. The van der Waals surface area contributed by atoms with Gasteiger partial charge in [-0.2, -0.15) is 0 Å². The highest BCUT2D eigenvalue weighted by atomic mass is 32.2. The highest BCUT2D eigenvalue weighted by Gasteiger charge is 2.16. The van der Waals surface area contributed by atoms with Crippen LogP contribution in [0.3, 0.4) is 0 Å². The highest BCUT2D eigenvalue weighted by molar-refractivity contribution is 7.92. The van der Waals surface area contributed by atoms with Crippen LogP contribution < -0.4 is 10.0 Å². The van der Waals surface area contributed by atoms with E-state index in [4.69, 9.17) is 4.74 Å². The molecule has 0 aliphatic heterocycles. The zero-order chi connectivity index (χ0) is 26.0. The number of hydrogen-bond donors (Lipinski definition) is 2. The minimum Gasteiger partial charge on any atom is -0.466 e. The topological polar surface area (TPSA) is 102 Å². The van der Waals surface area contributed by atoms with Crippen molar-refractivity contribution in [2.75, 3.05) is 16.6 Å². The van der Waals surface area contributed by atoms with Gasteiger partial charge in [0.05, 0.1) is 17.2 Å². The molecule has 190 valence electrons. The quantitative estimate of drug-likeness (QED) is 0.252. The Hall–Kier alpha value is -3.65. The maximum atomic E-state index is 12.8. The lowest BCUT2D eigenvalue weighted by Crippen LogP contribution is -2.15. The summed E-state index contributed by atoms with van der Waals surface area (Å²) in [6, 6.07) is 21.5. The number of aryl methyl sites for hydroxylation is 3. The van der Waals surface area contributed by atoms with Gasteiger partial charge in [-0.15, -0.1) is 0 Å². The molecule has 3 aromatic carbocycles. The molecular formula is C28H32N2O5S. The third-order valence-electron chi connectivity index (χ3n) is 5.67. The van der Waals surface area contributed by atoms with Gasteiger partial charge in [-0.05, 0) is 74.1 Å². The van der Waals surface area contributed by atoms with E-state index in [1.54, 1.807) is 0 Å². The number of sulfonamides is 1. The van der Waals surface area contributed by atoms with Gasteiger partial charge in [-0.3, -0.25) is 14.3 Å².